The molecule has 1 aromatic heterocycles. The third-order valence-corrected chi connectivity index (χ3v) is 7.26. The van der Waals surface area contributed by atoms with Crippen LogP contribution in [0.3, 0.4) is 0 Å². The lowest BCUT2D eigenvalue weighted by atomic mass is 10.3. The van der Waals surface area contributed by atoms with Crippen molar-refractivity contribution < 1.29 is 8.42 Å². The summed E-state index contributed by atoms with van der Waals surface area (Å²) in [6.45, 7) is 3.74. The number of nitrogens with zero attached hydrogens (tertiary/aromatic N) is 2. The molecule has 0 bridgehead atoms. The van der Waals surface area contributed by atoms with E-state index in [1.54, 1.807) is 39.9 Å². The summed E-state index contributed by atoms with van der Waals surface area (Å²) in [5, 5.41) is 2.08. The Hall–Kier alpha value is -0.730. The van der Waals surface area contributed by atoms with Gasteiger partial charge in [-0.1, -0.05) is 22.0 Å². The van der Waals surface area contributed by atoms with Gasteiger partial charge in [-0.2, -0.15) is 4.31 Å². The number of benzene rings is 1. The lowest BCUT2D eigenvalue weighted by Crippen LogP contribution is -2.35. The lowest BCUT2D eigenvalue weighted by molar-refractivity contribution is 0.281. The van der Waals surface area contributed by atoms with Crippen molar-refractivity contribution in [2.75, 3.05) is 26.2 Å². The van der Waals surface area contributed by atoms with Crippen LogP contribution in [0, 0.1) is 0 Å². The van der Waals surface area contributed by atoms with Crippen LogP contribution in [0.15, 0.2) is 51.1 Å². The summed E-state index contributed by atoms with van der Waals surface area (Å²) in [7, 11) is -3.40. The Morgan fingerprint density at radius 3 is 2.52 bits per heavy atom. The van der Waals surface area contributed by atoms with Gasteiger partial charge in [0, 0.05) is 35.5 Å². The molecule has 2 aromatic rings. The highest BCUT2D eigenvalue weighted by Crippen LogP contribution is 2.21. The average molecular weight is 415 g/mol. The first-order chi connectivity index (χ1) is 11.1. The second kappa shape index (κ2) is 7.44. The minimum Gasteiger partial charge on any atom is -0.297 e. The fraction of sp³-hybridized carbons (Fsp3) is 0.375. The molecule has 0 saturated carbocycles. The highest BCUT2D eigenvalue weighted by molar-refractivity contribution is 9.10. The standard InChI is InChI=1S/C16H19BrN2O2S2/c17-14-4-6-16(7-5-14)23(20,21)19-9-2-8-18(10-11-19)13-15-3-1-12-22-15/h1,3-7,12H,2,8-11,13H2. The van der Waals surface area contributed by atoms with Crippen molar-refractivity contribution in [1.29, 1.82) is 0 Å². The predicted octanol–water partition coefficient (Wildman–Crippen LogP) is 3.41. The number of hydrogen-bond acceptors (Lipinski definition) is 4. The highest BCUT2D eigenvalue weighted by Gasteiger charge is 2.26. The van der Waals surface area contributed by atoms with E-state index in [0.29, 0.717) is 18.0 Å². The van der Waals surface area contributed by atoms with Gasteiger partial charge in [0.1, 0.15) is 0 Å². The van der Waals surface area contributed by atoms with E-state index in [4.69, 9.17) is 0 Å². The molecule has 0 radical (unpaired) electrons. The maximum absolute atomic E-state index is 12.8. The van der Waals surface area contributed by atoms with Crippen molar-refractivity contribution in [3.8, 4) is 0 Å². The maximum Gasteiger partial charge on any atom is 0.243 e. The van der Waals surface area contributed by atoms with Crippen LogP contribution in [0.1, 0.15) is 11.3 Å². The number of sulfonamides is 1. The second-order valence-electron chi connectivity index (χ2n) is 5.57. The van der Waals surface area contributed by atoms with Crippen LogP contribution in [0.4, 0.5) is 0 Å². The SMILES string of the molecule is O=S(=O)(c1ccc(Br)cc1)N1CCCN(Cc2cccs2)CC1. The third kappa shape index (κ3) is 4.22. The van der Waals surface area contributed by atoms with Crippen LogP contribution in [-0.4, -0.2) is 43.8 Å². The van der Waals surface area contributed by atoms with Crippen molar-refractivity contribution in [3.63, 3.8) is 0 Å². The molecular weight excluding hydrogens is 396 g/mol. The van der Waals surface area contributed by atoms with Crippen molar-refractivity contribution in [3.05, 3.63) is 51.1 Å². The Labute approximate surface area is 149 Å². The van der Waals surface area contributed by atoms with Gasteiger partial charge in [0.25, 0.3) is 0 Å². The van der Waals surface area contributed by atoms with E-state index in [0.717, 1.165) is 30.5 Å². The van der Waals surface area contributed by atoms with Crippen molar-refractivity contribution >= 4 is 37.3 Å². The minimum absolute atomic E-state index is 0.368. The monoisotopic (exact) mass is 414 g/mol. The van der Waals surface area contributed by atoms with E-state index in [-0.39, 0.29) is 0 Å². The molecule has 0 unspecified atom stereocenters. The second-order valence-corrected chi connectivity index (χ2v) is 9.45. The molecule has 1 aliphatic rings. The van der Waals surface area contributed by atoms with Gasteiger partial charge in [-0.05, 0) is 48.7 Å². The first-order valence-electron chi connectivity index (χ1n) is 7.56. The molecule has 1 aliphatic heterocycles. The quantitative estimate of drug-likeness (QED) is 0.769. The summed E-state index contributed by atoms with van der Waals surface area (Å²) < 4.78 is 28.0. The number of rotatable bonds is 4. The summed E-state index contributed by atoms with van der Waals surface area (Å²) in [4.78, 5) is 4.03. The van der Waals surface area contributed by atoms with Crippen molar-refractivity contribution in [2.45, 2.75) is 17.9 Å². The van der Waals surface area contributed by atoms with E-state index < -0.39 is 10.0 Å². The molecule has 0 aliphatic carbocycles. The molecular formula is C16H19BrN2O2S2. The molecule has 1 fully saturated rings. The van der Waals surface area contributed by atoms with Gasteiger partial charge in [-0.3, -0.25) is 4.90 Å². The van der Waals surface area contributed by atoms with Gasteiger partial charge >= 0.3 is 0 Å². The molecule has 1 aromatic carbocycles. The fourth-order valence-electron chi connectivity index (χ4n) is 2.72. The Bertz CT molecular complexity index is 730. The first kappa shape index (κ1) is 17.1. The zero-order chi connectivity index (χ0) is 16.3. The Morgan fingerprint density at radius 1 is 1.04 bits per heavy atom. The van der Waals surface area contributed by atoms with E-state index in [1.807, 2.05) is 0 Å². The van der Waals surface area contributed by atoms with E-state index in [1.165, 1.54) is 4.88 Å². The summed E-state index contributed by atoms with van der Waals surface area (Å²) in [5.41, 5.74) is 0. The minimum atomic E-state index is -3.40. The average Bonchev–Trinajstić information content (AvgIpc) is 2.91. The predicted molar refractivity (Wildman–Crippen MR) is 97.1 cm³/mol. The van der Waals surface area contributed by atoms with Crippen LogP contribution >= 0.6 is 27.3 Å². The number of thiophene rings is 1. The van der Waals surface area contributed by atoms with Crippen molar-refractivity contribution in [2.24, 2.45) is 0 Å². The summed E-state index contributed by atoms with van der Waals surface area (Å²) >= 11 is 5.09. The number of halogens is 1. The van der Waals surface area contributed by atoms with Crippen LogP contribution in [0.25, 0.3) is 0 Å². The molecule has 0 atom stereocenters. The van der Waals surface area contributed by atoms with Gasteiger partial charge in [0.05, 0.1) is 4.90 Å². The zero-order valence-electron chi connectivity index (χ0n) is 12.7. The van der Waals surface area contributed by atoms with Gasteiger partial charge in [0.15, 0.2) is 0 Å². The Balaban J connectivity index is 1.68. The van der Waals surface area contributed by atoms with Crippen LogP contribution in [-0.2, 0) is 16.6 Å². The summed E-state index contributed by atoms with van der Waals surface area (Å²) in [6, 6.07) is 11.1. The molecule has 0 N–H and O–H groups in total. The molecule has 0 amide bonds. The van der Waals surface area contributed by atoms with Gasteiger partial charge in [0.2, 0.25) is 10.0 Å². The fourth-order valence-corrected chi connectivity index (χ4v) is 5.20. The van der Waals surface area contributed by atoms with Gasteiger partial charge in [-0.25, -0.2) is 8.42 Å². The van der Waals surface area contributed by atoms with Gasteiger partial charge < -0.3 is 0 Å². The largest absolute Gasteiger partial charge is 0.297 e. The lowest BCUT2D eigenvalue weighted by Gasteiger charge is -2.21. The van der Waals surface area contributed by atoms with E-state index in [9.17, 15) is 8.42 Å². The molecule has 124 valence electrons. The summed E-state index contributed by atoms with van der Waals surface area (Å²) in [5.74, 6) is 0. The van der Waals surface area contributed by atoms with Crippen molar-refractivity contribution in [1.82, 2.24) is 9.21 Å². The Kier molecular flexibility index (Phi) is 5.53. The molecule has 0 spiro atoms. The smallest absolute Gasteiger partial charge is 0.243 e. The molecule has 3 rings (SSSR count). The molecule has 2 heterocycles. The third-order valence-electron chi connectivity index (χ3n) is 3.96. The van der Waals surface area contributed by atoms with Crippen LogP contribution in [0.2, 0.25) is 0 Å². The normalized spacial score (nSPS) is 18.0. The summed E-state index contributed by atoms with van der Waals surface area (Å²) in [6.07, 6.45) is 0.862. The molecule has 1 saturated heterocycles. The first-order valence-corrected chi connectivity index (χ1v) is 10.7. The topological polar surface area (TPSA) is 40.6 Å². The van der Waals surface area contributed by atoms with Crippen LogP contribution < -0.4 is 0 Å². The van der Waals surface area contributed by atoms with Gasteiger partial charge in [-0.15, -0.1) is 11.3 Å². The molecule has 7 heteroatoms. The highest BCUT2D eigenvalue weighted by atomic mass is 79.9. The Morgan fingerprint density at radius 2 is 1.83 bits per heavy atom. The van der Waals surface area contributed by atoms with E-state index >= 15 is 0 Å². The van der Waals surface area contributed by atoms with Crippen LogP contribution in [0.5, 0.6) is 0 Å². The van der Waals surface area contributed by atoms with E-state index in [2.05, 4.69) is 38.3 Å². The molecule has 4 nitrogen and oxygen atoms in total. The molecule has 23 heavy (non-hydrogen) atoms. The zero-order valence-corrected chi connectivity index (χ0v) is 15.9. The number of hydrogen-bond donors (Lipinski definition) is 0. The maximum atomic E-state index is 12.8.